The molecular weight excluding hydrogens is 384 g/mol. The highest BCUT2D eigenvalue weighted by Gasteiger charge is 2.21. The molecule has 0 fully saturated rings. The topological polar surface area (TPSA) is 73.0 Å². The molecule has 0 aliphatic heterocycles. The molecule has 1 unspecified atom stereocenters. The molecule has 4 rings (SSSR count). The summed E-state index contributed by atoms with van der Waals surface area (Å²) < 4.78 is 7.54. The van der Waals surface area contributed by atoms with Crippen LogP contribution < -0.4 is 5.32 Å². The Morgan fingerprint density at radius 1 is 1.24 bits per heavy atom. The molecule has 1 amide bonds. The summed E-state index contributed by atoms with van der Waals surface area (Å²) in [4.78, 5) is 19.2. The lowest BCUT2D eigenvalue weighted by Crippen LogP contribution is -2.26. The zero-order valence-corrected chi connectivity index (χ0v) is 18.0. The van der Waals surface area contributed by atoms with Crippen molar-refractivity contribution in [3.05, 3.63) is 57.8 Å². The van der Waals surface area contributed by atoms with Crippen LogP contribution in [0, 0.1) is 13.8 Å². The van der Waals surface area contributed by atoms with Gasteiger partial charge in [0.1, 0.15) is 11.5 Å². The number of pyridine rings is 1. The van der Waals surface area contributed by atoms with Crippen LogP contribution in [0.1, 0.15) is 59.6 Å². The van der Waals surface area contributed by atoms with Gasteiger partial charge in [-0.15, -0.1) is 11.3 Å². The van der Waals surface area contributed by atoms with Crippen LogP contribution in [0.15, 0.2) is 40.3 Å². The summed E-state index contributed by atoms with van der Waals surface area (Å²) in [5, 5.41) is 10.4. The number of nitrogens with one attached hydrogen (secondary N) is 1. The maximum absolute atomic E-state index is 13.2. The molecule has 4 aromatic heterocycles. The number of rotatable bonds is 5. The molecule has 150 valence electrons. The summed E-state index contributed by atoms with van der Waals surface area (Å²) in [6, 6.07) is 7.85. The summed E-state index contributed by atoms with van der Waals surface area (Å²) in [7, 11) is 0. The Morgan fingerprint density at radius 2 is 2.03 bits per heavy atom. The number of furan rings is 1. The molecule has 7 heteroatoms. The minimum absolute atomic E-state index is 0.0767. The minimum atomic E-state index is -0.138. The Bertz CT molecular complexity index is 1170. The Hall–Kier alpha value is -2.93. The van der Waals surface area contributed by atoms with Gasteiger partial charge in [-0.2, -0.15) is 5.10 Å². The number of hydrogen-bond donors (Lipinski definition) is 1. The number of fused-ring (bicyclic) bond motifs is 1. The summed E-state index contributed by atoms with van der Waals surface area (Å²) >= 11 is 1.63. The van der Waals surface area contributed by atoms with E-state index in [1.165, 1.54) is 0 Å². The fraction of sp³-hybridized carbons (Fsp3) is 0.318. The van der Waals surface area contributed by atoms with Crippen LogP contribution in [-0.4, -0.2) is 20.7 Å². The molecule has 0 aliphatic rings. The maximum Gasteiger partial charge on any atom is 0.252 e. The van der Waals surface area contributed by atoms with Crippen LogP contribution in [0.3, 0.4) is 0 Å². The number of aryl methyl sites for hydroxylation is 2. The van der Waals surface area contributed by atoms with E-state index >= 15 is 0 Å². The molecular formula is C22H24N4O2S. The van der Waals surface area contributed by atoms with Crippen LogP contribution in [0.4, 0.5) is 0 Å². The van der Waals surface area contributed by atoms with Crippen molar-refractivity contribution in [2.75, 3.05) is 0 Å². The molecule has 0 bridgehead atoms. The number of carbonyl (C=O) groups is 1. The van der Waals surface area contributed by atoms with Gasteiger partial charge in [-0.25, -0.2) is 9.67 Å². The van der Waals surface area contributed by atoms with Crippen molar-refractivity contribution >= 4 is 28.3 Å². The van der Waals surface area contributed by atoms with Gasteiger partial charge < -0.3 is 9.73 Å². The van der Waals surface area contributed by atoms with Gasteiger partial charge in [0, 0.05) is 16.5 Å². The van der Waals surface area contributed by atoms with E-state index in [0.29, 0.717) is 16.9 Å². The molecule has 4 aromatic rings. The molecule has 29 heavy (non-hydrogen) atoms. The van der Waals surface area contributed by atoms with Crippen LogP contribution in [-0.2, 0) is 0 Å². The van der Waals surface area contributed by atoms with E-state index in [-0.39, 0.29) is 18.0 Å². The third-order valence-electron chi connectivity index (χ3n) is 4.93. The van der Waals surface area contributed by atoms with E-state index in [0.717, 1.165) is 27.3 Å². The number of aromatic nitrogens is 3. The number of hydrogen-bond acceptors (Lipinski definition) is 5. The summed E-state index contributed by atoms with van der Waals surface area (Å²) in [5.41, 5.74) is 2.87. The highest BCUT2D eigenvalue weighted by atomic mass is 32.1. The first-order chi connectivity index (χ1) is 13.8. The Kier molecular flexibility index (Phi) is 5.00. The molecule has 0 radical (unpaired) electrons. The Morgan fingerprint density at radius 3 is 2.66 bits per heavy atom. The molecule has 0 aliphatic carbocycles. The van der Waals surface area contributed by atoms with Crippen molar-refractivity contribution in [2.24, 2.45) is 0 Å². The lowest BCUT2D eigenvalue weighted by atomic mass is 10.1. The van der Waals surface area contributed by atoms with Crippen molar-refractivity contribution in [3.63, 3.8) is 0 Å². The molecule has 1 N–H and O–H groups in total. The van der Waals surface area contributed by atoms with Crippen molar-refractivity contribution in [1.29, 1.82) is 0 Å². The fourth-order valence-corrected chi connectivity index (χ4v) is 4.22. The smallest absolute Gasteiger partial charge is 0.252 e. The van der Waals surface area contributed by atoms with E-state index in [9.17, 15) is 4.79 Å². The average Bonchev–Trinajstić information content (AvgIpc) is 3.39. The molecule has 0 saturated heterocycles. The van der Waals surface area contributed by atoms with Crippen LogP contribution in [0.25, 0.3) is 22.3 Å². The third kappa shape index (κ3) is 3.58. The summed E-state index contributed by atoms with van der Waals surface area (Å²) in [6.07, 6.45) is 1.73. The lowest BCUT2D eigenvalue weighted by molar-refractivity contribution is 0.0942. The predicted octanol–water partition coefficient (Wildman–Crippen LogP) is 5.44. The molecule has 0 saturated carbocycles. The largest absolute Gasteiger partial charge is 0.466 e. The second-order valence-corrected chi connectivity index (χ2v) is 8.49. The number of thiophene rings is 1. The van der Waals surface area contributed by atoms with E-state index in [1.54, 1.807) is 17.5 Å². The molecule has 4 heterocycles. The van der Waals surface area contributed by atoms with Gasteiger partial charge in [0.2, 0.25) is 0 Å². The third-order valence-corrected chi connectivity index (χ3v) is 5.99. The zero-order chi connectivity index (χ0) is 20.7. The average molecular weight is 409 g/mol. The number of nitrogens with zero attached hydrogens (tertiary/aromatic N) is 3. The minimum Gasteiger partial charge on any atom is -0.466 e. The predicted molar refractivity (Wildman–Crippen MR) is 115 cm³/mol. The summed E-state index contributed by atoms with van der Waals surface area (Å²) in [5.74, 6) is 1.46. The highest BCUT2D eigenvalue weighted by molar-refractivity contribution is 7.10. The van der Waals surface area contributed by atoms with Crippen LogP contribution in [0.5, 0.6) is 0 Å². The zero-order valence-electron chi connectivity index (χ0n) is 17.2. The fourth-order valence-electron chi connectivity index (χ4n) is 3.49. The highest BCUT2D eigenvalue weighted by Crippen LogP contribution is 2.30. The monoisotopic (exact) mass is 408 g/mol. The van der Waals surface area contributed by atoms with E-state index < -0.39 is 0 Å². The first-order valence-electron chi connectivity index (χ1n) is 9.65. The van der Waals surface area contributed by atoms with E-state index in [2.05, 4.69) is 10.4 Å². The van der Waals surface area contributed by atoms with Gasteiger partial charge in [0.25, 0.3) is 5.91 Å². The summed E-state index contributed by atoms with van der Waals surface area (Å²) in [6.45, 7) is 9.90. The van der Waals surface area contributed by atoms with Gasteiger partial charge in [-0.05, 0) is 58.2 Å². The quantitative estimate of drug-likeness (QED) is 0.477. The first kappa shape index (κ1) is 19.4. The van der Waals surface area contributed by atoms with Crippen molar-refractivity contribution < 1.29 is 9.21 Å². The van der Waals surface area contributed by atoms with Crippen LogP contribution >= 0.6 is 11.3 Å². The van der Waals surface area contributed by atoms with Crippen molar-refractivity contribution in [2.45, 2.75) is 46.7 Å². The van der Waals surface area contributed by atoms with Gasteiger partial charge >= 0.3 is 0 Å². The van der Waals surface area contributed by atoms with Crippen molar-refractivity contribution in [3.8, 4) is 11.3 Å². The Balaban J connectivity index is 1.83. The molecule has 6 nitrogen and oxygen atoms in total. The van der Waals surface area contributed by atoms with E-state index in [4.69, 9.17) is 9.40 Å². The van der Waals surface area contributed by atoms with Crippen LogP contribution in [0.2, 0.25) is 0 Å². The number of amides is 1. The normalized spacial score (nSPS) is 12.6. The van der Waals surface area contributed by atoms with Gasteiger partial charge in [0.05, 0.1) is 28.9 Å². The molecule has 1 atom stereocenters. The second kappa shape index (κ2) is 7.48. The van der Waals surface area contributed by atoms with Gasteiger partial charge in [-0.3, -0.25) is 4.79 Å². The first-order valence-corrected chi connectivity index (χ1v) is 10.5. The standard InChI is InChI=1S/C22H24N4O2S/c1-12(2)26-21-18(11-23-26)17(22(27)24-14(4)20-7-6-8-29-20)10-19(25-21)16-9-13(3)28-15(16)5/h6-12,14H,1-5H3,(H,24,27). The van der Waals surface area contributed by atoms with E-state index in [1.807, 2.05) is 68.9 Å². The van der Waals surface area contributed by atoms with Gasteiger partial charge in [-0.1, -0.05) is 6.07 Å². The molecule has 0 aromatic carbocycles. The molecule has 0 spiro atoms. The second-order valence-electron chi connectivity index (χ2n) is 7.51. The maximum atomic E-state index is 13.2. The Labute approximate surface area is 173 Å². The SMILES string of the molecule is Cc1cc(-c2cc(C(=O)NC(C)c3cccs3)c3cnn(C(C)C)c3n2)c(C)o1. The number of carbonyl (C=O) groups excluding carboxylic acids is 1. The van der Waals surface area contributed by atoms with Crippen molar-refractivity contribution in [1.82, 2.24) is 20.1 Å². The van der Waals surface area contributed by atoms with Gasteiger partial charge in [0.15, 0.2) is 5.65 Å². The lowest BCUT2D eigenvalue weighted by Gasteiger charge is -2.14.